The van der Waals surface area contributed by atoms with Crippen molar-refractivity contribution in [1.82, 2.24) is 10.2 Å². The summed E-state index contributed by atoms with van der Waals surface area (Å²) in [6.07, 6.45) is 3.49. The molecule has 2 aliphatic heterocycles. The Balaban J connectivity index is 0.00000200. The van der Waals surface area contributed by atoms with Crippen LogP contribution in [-0.4, -0.2) is 49.7 Å². The standard InChI is InChI=1S/C15H28N2O2.ClH/c1-15(2,3)12-5-4-8-17(9-6-12)14(18)13-11-19-10-7-16-13;/h12-13,16H,4-11H2,1-3H3;1H. The lowest BCUT2D eigenvalue weighted by atomic mass is 9.77. The van der Waals surface area contributed by atoms with Gasteiger partial charge in [-0.1, -0.05) is 20.8 Å². The zero-order valence-corrected chi connectivity index (χ0v) is 13.8. The third-order valence-corrected chi connectivity index (χ3v) is 4.48. The van der Waals surface area contributed by atoms with Gasteiger partial charge in [0.1, 0.15) is 6.04 Å². The highest BCUT2D eigenvalue weighted by atomic mass is 35.5. The fraction of sp³-hybridized carbons (Fsp3) is 0.933. The first-order chi connectivity index (χ1) is 8.98. The summed E-state index contributed by atoms with van der Waals surface area (Å²) < 4.78 is 5.39. The first-order valence-corrected chi connectivity index (χ1v) is 7.58. The van der Waals surface area contributed by atoms with Gasteiger partial charge in [-0.05, 0) is 30.6 Å². The molecule has 0 aromatic heterocycles. The summed E-state index contributed by atoms with van der Waals surface area (Å²) in [7, 11) is 0. The highest BCUT2D eigenvalue weighted by Gasteiger charge is 2.31. The molecule has 0 spiro atoms. The molecule has 2 rings (SSSR count). The zero-order chi connectivity index (χ0) is 13.9. The molecule has 5 heteroatoms. The molecule has 2 aliphatic rings. The topological polar surface area (TPSA) is 41.6 Å². The van der Waals surface area contributed by atoms with Crippen LogP contribution in [0.5, 0.6) is 0 Å². The number of hydrogen-bond donors (Lipinski definition) is 1. The Kier molecular flexibility index (Phi) is 6.76. The first-order valence-electron chi connectivity index (χ1n) is 7.58. The summed E-state index contributed by atoms with van der Waals surface area (Å²) in [4.78, 5) is 14.5. The molecule has 0 bridgehead atoms. The number of carbonyl (C=O) groups excluding carboxylic acids is 1. The Morgan fingerprint density at radius 2 is 2.00 bits per heavy atom. The maximum Gasteiger partial charge on any atom is 0.242 e. The molecule has 0 saturated carbocycles. The molecule has 4 nitrogen and oxygen atoms in total. The fourth-order valence-corrected chi connectivity index (χ4v) is 3.13. The van der Waals surface area contributed by atoms with Crippen LogP contribution < -0.4 is 5.32 Å². The summed E-state index contributed by atoms with van der Waals surface area (Å²) in [6, 6.07) is -0.125. The van der Waals surface area contributed by atoms with Crippen LogP contribution in [0.1, 0.15) is 40.0 Å². The second kappa shape index (κ2) is 7.62. The van der Waals surface area contributed by atoms with Crippen LogP contribution in [-0.2, 0) is 9.53 Å². The molecule has 2 fully saturated rings. The lowest BCUT2D eigenvalue weighted by Crippen LogP contribution is -2.52. The van der Waals surface area contributed by atoms with Gasteiger partial charge in [-0.2, -0.15) is 0 Å². The lowest BCUT2D eigenvalue weighted by molar-refractivity contribution is -0.136. The Morgan fingerprint density at radius 3 is 2.60 bits per heavy atom. The van der Waals surface area contributed by atoms with Crippen LogP contribution >= 0.6 is 12.4 Å². The molecule has 1 N–H and O–H groups in total. The molecule has 2 saturated heterocycles. The second-order valence-corrected chi connectivity index (χ2v) is 6.90. The summed E-state index contributed by atoms with van der Waals surface area (Å²) in [5.74, 6) is 0.954. The van der Waals surface area contributed by atoms with E-state index >= 15 is 0 Å². The summed E-state index contributed by atoms with van der Waals surface area (Å²) in [6.45, 7) is 10.8. The predicted molar refractivity (Wildman–Crippen MR) is 83.2 cm³/mol. The number of nitrogens with one attached hydrogen (secondary N) is 1. The van der Waals surface area contributed by atoms with Crippen molar-refractivity contribution in [2.45, 2.75) is 46.1 Å². The van der Waals surface area contributed by atoms with Crippen molar-refractivity contribution in [3.63, 3.8) is 0 Å². The Morgan fingerprint density at radius 1 is 1.25 bits per heavy atom. The number of ether oxygens (including phenoxy) is 1. The van der Waals surface area contributed by atoms with Gasteiger partial charge in [0.25, 0.3) is 0 Å². The van der Waals surface area contributed by atoms with Crippen LogP contribution in [0.25, 0.3) is 0 Å². The minimum atomic E-state index is -0.125. The average molecular weight is 305 g/mol. The van der Waals surface area contributed by atoms with Crippen molar-refractivity contribution in [1.29, 1.82) is 0 Å². The van der Waals surface area contributed by atoms with E-state index < -0.39 is 0 Å². The molecule has 2 heterocycles. The van der Waals surface area contributed by atoms with E-state index in [-0.39, 0.29) is 24.4 Å². The number of carbonyl (C=O) groups is 1. The van der Waals surface area contributed by atoms with Gasteiger partial charge < -0.3 is 15.0 Å². The third kappa shape index (κ3) is 4.61. The van der Waals surface area contributed by atoms with E-state index in [4.69, 9.17) is 4.74 Å². The molecular weight excluding hydrogens is 276 g/mol. The largest absolute Gasteiger partial charge is 0.378 e. The van der Waals surface area contributed by atoms with Crippen LogP contribution in [0.4, 0.5) is 0 Å². The minimum absolute atomic E-state index is 0. The average Bonchev–Trinajstić information content (AvgIpc) is 2.64. The Labute approximate surface area is 129 Å². The lowest BCUT2D eigenvalue weighted by Gasteiger charge is -2.31. The number of rotatable bonds is 1. The molecule has 0 radical (unpaired) electrons. The number of hydrogen-bond acceptors (Lipinski definition) is 3. The van der Waals surface area contributed by atoms with Crippen molar-refractivity contribution in [2.75, 3.05) is 32.8 Å². The van der Waals surface area contributed by atoms with Crippen molar-refractivity contribution >= 4 is 18.3 Å². The van der Waals surface area contributed by atoms with E-state index in [1.54, 1.807) is 0 Å². The molecular formula is C15H29ClN2O2. The van der Waals surface area contributed by atoms with Crippen LogP contribution in [0.2, 0.25) is 0 Å². The van der Waals surface area contributed by atoms with E-state index in [9.17, 15) is 4.79 Å². The van der Waals surface area contributed by atoms with Crippen LogP contribution in [0, 0.1) is 11.3 Å². The monoisotopic (exact) mass is 304 g/mol. The number of amides is 1. The fourth-order valence-electron chi connectivity index (χ4n) is 3.13. The highest BCUT2D eigenvalue weighted by molar-refractivity contribution is 5.85. The van der Waals surface area contributed by atoms with E-state index in [0.717, 1.165) is 45.0 Å². The smallest absolute Gasteiger partial charge is 0.242 e. The molecule has 118 valence electrons. The van der Waals surface area contributed by atoms with Crippen molar-refractivity contribution in [2.24, 2.45) is 11.3 Å². The highest BCUT2D eigenvalue weighted by Crippen LogP contribution is 2.34. The minimum Gasteiger partial charge on any atom is -0.378 e. The van der Waals surface area contributed by atoms with Crippen LogP contribution in [0.3, 0.4) is 0 Å². The molecule has 0 aliphatic carbocycles. The summed E-state index contributed by atoms with van der Waals surface area (Å²) >= 11 is 0. The molecule has 1 amide bonds. The Bertz CT molecular complexity index is 311. The second-order valence-electron chi connectivity index (χ2n) is 6.90. The van der Waals surface area contributed by atoms with Gasteiger partial charge in [0, 0.05) is 19.6 Å². The van der Waals surface area contributed by atoms with E-state index in [1.807, 2.05) is 4.90 Å². The predicted octanol–water partition coefficient (Wildman–Crippen LogP) is 2.07. The maximum atomic E-state index is 12.4. The number of halogens is 1. The third-order valence-electron chi connectivity index (χ3n) is 4.48. The Hall–Kier alpha value is -0.320. The number of nitrogens with zero attached hydrogens (tertiary/aromatic N) is 1. The van der Waals surface area contributed by atoms with Gasteiger partial charge in [-0.3, -0.25) is 4.79 Å². The normalized spacial score (nSPS) is 28.4. The van der Waals surface area contributed by atoms with Gasteiger partial charge >= 0.3 is 0 Å². The first kappa shape index (κ1) is 17.7. The summed E-state index contributed by atoms with van der Waals surface area (Å²) in [5, 5.41) is 3.26. The quantitative estimate of drug-likeness (QED) is 0.806. The maximum absolute atomic E-state index is 12.4. The number of likely N-dealkylation sites (tertiary alicyclic amines) is 1. The van der Waals surface area contributed by atoms with Gasteiger partial charge in [-0.15, -0.1) is 12.4 Å². The van der Waals surface area contributed by atoms with Gasteiger partial charge in [-0.25, -0.2) is 0 Å². The van der Waals surface area contributed by atoms with E-state index in [0.29, 0.717) is 12.0 Å². The van der Waals surface area contributed by atoms with Crippen molar-refractivity contribution < 1.29 is 9.53 Å². The zero-order valence-electron chi connectivity index (χ0n) is 13.0. The SMILES string of the molecule is CC(C)(C)C1CCCN(C(=O)C2COCCN2)CC1.Cl. The van der Waals surface area contributed by atoms with Crippen molar-refractivity contribution in [3.8, 4) is 0 Å². The molecule has 20 heavy (non-hydrogen) atoms. The summed E-state index contributed by atoms with van der Waals surface area (Å²) in [5.41, 5.74) is 0.352. The molecule has 2 unspecified atom stereocenters. The molecule has 0 aromatic rings. The molecule has 0 aromatic carbocycles. The molecule has 2 atom stereocenters. The van der Waals surface area contributed by atoms with E-state index in [1.165, 1.54) is 6.42 Å². The number of morpholine rings is 1. The van der Waals surface area contributed by atoms with Gasteiger partial charge in [0.15, 0.2) is 0 Å². The van der Waals surface area contributed by atoms with Crippen molar-refractivity contribution in [3.05, 3.63) is 0 Å². The van der Waals surface area contributed by atoms with Gasteiger partial charge in [0.2, 0.25) is 5.91 Å². The van der Waals surface area contributed by atoms with Crippen LogP contribution in [0.15, 0.2) is 0 Å². The van der Waals surface area contributed by atoms with E-state index in [2.05, 4.69) is 26.1 Å². The van der Waals surface area contributed by atoms with Gasteiger partial charge in [0.05, 0.1) is 13.2 Å².